The molecule has 0 aliphatic heterocycles. The molecule has 5 rings (SSSR count). The molecule has 1 fully saturated rings. The minimum absolute atomic E-state index is 0.00335. The van der Waals surface area contributed by atoms with Crippen molar-refractivity contribution in [2.24, 2.45) is 5.92 Å². The van der Waals surface area contributed by atoms with Gasteiger partial charge in [0.25, 0.3) is 0 Å². The number of carbonyl (C=O) groups is 2. The van der Waals surface area contributed by atoms with E-state index in [0.717, 1.165) is 59.1 Å². The molecule has 4 aromatic rings. The highest BCUT2D eigenvalue weighted by atomic mass is 16.4. The van der Waals surface area contributed by atoms with Crippen LogP contribution in [-0.2, 0) is 11.3 Å². The molecule has 0 spiro atoms. The molecule has 1 aromatic heterocycles. The van der Waals surface area contributed by atoms with Crippen LogP contribution < -0.4 is 9.80 Å². The smallest absolute Gasteiger partial charge is 0.352 e. The van der Waals surface area contributed by atoms with Gasteiger partial charge in [-0.25, -0.2) is 4.79 Å². The molecule has 1 saturated carbocycles. The number of carbonyl (C=O) groups excluding carboxylic acids is 1. The minimum atomic E-state index is -1.01. The van der Waals surface area contributed by atoms with Gasteiger partial charge in [0.2, 0.25) is 5.91 Å². The summed E-state index contributed by atoms with van der Waals surface area (Å²) in [6.45, 7) is 0.432. The first-order chi connectivity index (χ1) is 17.9. The van der Waals surface area contributed by atoms with E-state index in [0.29, 0.717) is 12.1 Å². The standard InChI is InChI=1S/C31H33N3O3/c1-33(2)25-17-15-23(16-18-25)22-13-11-21(12-14-22)20-34(30(35)24-7-4-3-5-8-24)29-10-6-9-27-26(29)19-28(32-27)31(36)37/h6,9-19,24,32H,3-5,7-8,20H2,1-2H3,(H,36,37). The van der Waals surface area contributed by atoms with Gasteiger partial charge in [0, 0.05) is 36.6 Å². The molecular weight excluding hydrogens is 462 g/mol. The van der Waals surface area contributed by atoms with E-state index in [1.54, 1.807) is 6.07 Å². The highest BCUT2D eigenvalue weighted by Gasteiger charge is 2.28. The molecule has 190 valence electrons. The van der Waals surface area contributed by atoms with Gasteiger partial charge in [-0.2, -0.15) is 0 Å². The van der Waals surface area contributed by atoms with Crippen LogP contribution in [0, 0.1) is 5.92 Å². The van der Waals surface area contributed by atoms with Crippen molar-refractivity contribution in [3.8, 4) is 11.1 Å². The Kier molecular flexibility index (Phi) is 6.99. The van der Waals surface area contributed by atoms with E-state index >= 15 is 0 Å². The fraction of sp³-hybridized carbons (Fsp3) is 0.290. The van der Waals surface area contributed by atoms with Gasteiger partial charge in [-0.05, 0) is 59.9 Å². The number of H-pyrrole nitrogens is 1. The third-order valence-electron chi connectivity index (χ3n) is 7.39. The van der Waals surface area contributed by atoms with E-state index in [4.69, 9.17) is 0 Å². The van der Waals surface area contributed by atoms with Gasteiger partial charge in [-0.3, -0.25) is 4.79 Å². The lowest BCUT2D eigenvalue weighted by Crippen LogP contribution is -2.36. The number of amides is 1. The van der Waals surface area contributed by atoms with E-state index in [1.165, 1.54) is 6.42 Å². The maximum absolute atomic E-state index is 13.9. The van der Waals surface area contributed by atoms with E-state index < -0.39 is 5.97 Å². The van der Waals surface area contributed by atoms with E-state index in [1.807, 2.05) is 37.2 Å². The molecule has 1 aliphatic rings. The van der Waals surface area contributed by atoms with Crippen molar-refractivity contribution in [3.05, 3.63) is 84.1 Å². The molecule has 6 nitrogen and oxygen atoms in total. The predicted molar refractivity (Wildman–Crippen MR) is 149 cm³/mol. The topological polar surface area (TPSA) is 76.6 Å². The number of rotatable bonds is 7. The molecule has 3 aromatic carbocycles. The third kappa shape index (κ3) is 5.24. The molecule has 37 heavy (non-hydrogen) atoms. The lowest BCUT2D eigenvalue weighted by Gasteiger charge is -2.30. The summed E-state index contributed by atoms with van der Waals surface area (Å²) >= 11 is 0. The van der Waals surface area contributed by atoms with Crippen molar-refractivity contribution in [2.75, 3.05) is 23.9 Å². The van der Waals surface area contributed by atoms with Gasteiger partial charge in [0.1, 0.15) is 5.69 Å². The molecule has 1 aliphatic carbocycles. The fourth-order valence-corrected chi connectivity index (χ4v) is 5.28. The average Bonchev–Trinajstić information content (AvgIpc) is 3.38. The Morgan fingerprint density at radius 2 is 1.54 bits per heavy atom. The molecule has 0 unspecified atom stereocenters. The van der Waals surface area contributed by atoms with Crippen LogP contribution in [0.2, 0.25) is 0 Å². The van der Waals surface area contributed by atoms with Crippen molar-refractivity contribution < 1.29 is 14.7 Å². The van der Waals surface area contributed by atoms with E-state index in [9.17, 15) is 14.7 Å². The lowest BCUT2D eigenvalue weighted by atomic mass is 9.88. The molecule has 0 radical (unpaired) electrons. The zero-order chi connectivity index (χ0) is 25.9. The average molecular weight is 496 g/mol. The second kappa shape index (κ2) is 10.5. The van der Waals surface area contributed by atoms with E-state index in [-0.39, 0.29) is 17.5 Å². The Balaban J connectivity index is 1.47. The number of fused-ring (bicyclic) bond motifs is 1. The number of aromatic carboxylic acids is 1. The Morgan fingerprint density at radius 1 is 0.892 bits per heavy atom. The normalized spacial score (nSPS) is 14.0. The molecule has 1 amide bonds. The summed E-state index contributed by atoms with van der Waals surface area (Å²) in [7, 11) is 4.06. The van der Waals surface area contributed by atoms with Gasteiger partial charge in [0.05, 0.1) is 12.2 Å². The number of hydrogen-bond donors (Lipinski definition) is 2. The van der Waals surface area contributed by atoms with Crippen LogP contribution in [0.4, 0.5) is 11.4 Å². The van der Waals surface area contributed by atoms with Gasteiger partial charge >= 0.3 is 5.97 Å². The summed E-state index contributed by atoms with van der Waals surface area (Å²) in [6.07, 6.45) is 5.13. The van der Waals surface area contributed by atoms with Crippen LogP contribution >= 0.6 is 0 Å². The summed E-state index contributed by atoms with van der Waals surface area (Å²) in [5.41, 5.74) is 6.04. The number of benzene rings is 3. The number of carboxylic acid groups (broad SMARTS) is 1. The first-order valence-corrected chi connectivity index (χ1v) is 12.9. The lowest BCUT2D eigenvalue weighted by molar-refractivity contribution is -0.123. The number of nitrogens with one attached hydrogen (secondary N) is 1. The summed E-state index contributed by atoms with van der Waals surface area (Å²) < 4.78 is 0. The van der Waals surface area contributed by atoms with Gasteiger partial charge < -0.3 is 19.9 Å². The van der Waals surface area contributed by atoms with E-state index in [2.05, 4.69) is 58.4 Å². The summed E-state index contributed by atoms with van der Waals surface area (Å²) in [5, 5.41) is 10.3. The maximum atomic E-state index is 13.9. The molecule has 0 saturated heterocycles. The Bertz CT molecular complexity index is 1400. The number of anilines is 2. The molecular formula is C31H33N3O3. The SMILES string of the molecule is CN(C)c1ccc(-c2ccc(CN(C(=O)C3CCCCC3)c3cccc4[nH]c(C(=O)O)cc34)cc2)cc1. The van der Waals surface area contributed by atoms with Crippen molar-refractivity contribution in [1.29, 1.82) is 0 Å². The van der Waals surface area contributed by atoms with Gasteiger partial charge in [0.15, 0.2) is 0 Å². The molecule has 2 N–H and O–H groups in total. The van der Waals surface area contributed by atoms with Crippen molar-refractivity contribution >= 4 is 34.2 Å². The highest BCUT2D eigenvalue weighted by molar-refractivity contribution is 6.06. The van der Waals surface area contributed by atoms with Crippen molar-refractivity contribution in [2.45, 2.75) is 38.6 Å². The highest BCUT2D eigenvalue weighted by Crippen LogP contribution is 2.33. The fourth-order valence-electron chi connectivity index (χ4n) is 5.28. The van der Waals surface area contributed by atoms with Crippen molar-refractivity contribution in [1.82, 2.24) is 4.98 Å². The third-order valence-corrected chi connectivity index (χ3v) is 7.39. The first-order valence-electron chi connectivity index (χ1n) is 12.9. The quantitative estimate of drug-likeness (QED) is 0.299. The Labute approximate surface area is 217 Å². The molecule has 0 bridgehead atoms. The van der Waals surface area contributed by atoms with Gasteiger partial charge in [-0.1, -0.05) is 61.7 Å². The molecule has 1 heterocycles. The largest absolute Gasteiger partial charge is 0.477 e. The van der Waals surface area contributed by atoms with Crippen molar-refractivity contribution in [3.63, 3.8) is 0 Å². The van der Waals surface area contributed by atoms with Crippen LogP contribution in [0.1, 0.15) is 48.2 Å². The number of aromatic amines is 1. The Hall–Kier alpha value is -4.06. The first kappa shape index (κ1) is 24.6. The van der Waals surface area contributed by atoms with Crippen LogP contribution in [0.25, 0.3) is 22.0 Å². The second-order valence-corrected chi connectivity index (χ2v) is 10.1. The number of carboxylic acids is 1. The molecule has 6 heteroatoms. The predicted octanol–water partition coefficient (Wildman–Crippen LogP) is 6.71. The zero-order valence-corrected chi connectivity index (χ0v) is 21.4. The monoisotopic (exact) mass is 495 g/mol. The maximum Gasteiger partial charge on any atom is 0.352 e. The summed E-state index contributed by atoms with van der Waals surface area (Å²) in [5.74, 6) is -0.897. The number of hydrogen-bond acceptors (Lipinski definition) is 3. The number of nitrogens with zero attached hydrogens (tertiary/aromatic N) is 2. The minimum Gasteiger partial charge on any atom is -0.477 e. The second-order valence-electron chi connectivity index (χ2n) is 10.1. The summed E-state index contributed by atoms with van der Waals surface area (Å²) in [6, 6.07) is 24.1. The van der Waals surface area contributed by atoms with Crippen LogP contribution in [0.5, 0.6) is 0 Å². The number of aromatic nitrogens is 1. The Morgan fingerprint density at radius 3 is 2.16 bits per heavy atom. The van der Waals surface area contributed by atoms with Crippen LogP contribution in [-0.4, -0.2) is 36.1 Å². The van der Waals surface area contributed by atoms with Crippen LogP contribution in [0.3, 0.4) is 0 Å². The van der Waals surface area contributed by atoms with Gasteiger partial charge in [-0.15, -0.1) is 0 Å². The summed E-state index contributed by atoms with van der Waals surface area (Å²) in [4.78, 5) is 32.4. The molecule has 0 atom stereocenters. The van der Waals surface area contributed by atoms with Crippen LogP contribution in [0.15, 0.2) is 72.8 Å². The zero-order valence-electron chi connectivity index (χ0n) is 21.4.